The molecule has 2 heterocycles. The van der Waals surface area contributed by atoms with Crippen molar-refractivity contribution in [3.63, 3.8) is 0 Å². The predicted octanol–water partition coefficient (Wildman–Crippen LogP) is 1.26. The molecule has 120 valence electrons. The van der Waals surface area contributed by atoms with Gasteiger partial charge in [0.15, 0.2) is 0 Å². The summed E-state index contributed by atoms with van der Waals surface area (Å²) in [6, 6.07) is 13.3. The van der Waals surface area contributed by atoms with E-state index in [2.05, 4.69) is 9.88 Å². The molecule has 0 spiro atoms. The molecule has 1 amide bonds. The molecule has 1 N–H and O–H groups in total. The zero-order valence-corrected chi connectivity index (χ0v) is 13.1. The van der Waals surface area contributed by atoms with Crippen LogP contribution in [0.15, 0.2) is 53.5 Å². The monoisotopic (exact) mass is 311 g/mol. The Kier molecular flexibility index (Phi) is 4.88. The normalized spacial score (nSPS) is 15.6. The van der Waals surface area contributed by atoms with Crippen LogP contribution in [0.1, 0.15) is 11.1 Å². The maximum Gasteiger partial charge on any atom is 0.247 e. The molecule has 1 aliphatic heterocycles. The summed E-state index contributed by atoms with van der Waals surface area (Å²) in [6.45, 7) is 4.04. The van der Waals surface area contributed by atoms with Crippen molar-refractivity contribution < 1.29 is 4.79 Å². The first-order valence-corrected chi connectivity index (χ1v) is 7.92. The highest BCUT2D eigenvalue weighted by Gasteiger charge is 2.21. The Bertz CT molecular complexity index is 683. The Morgan fingerprint density at radius 3 is 2.35 bits per heavy atom. The summed E-state index contributed by atoms with van der Waals surface area (Å²) in [6.07, 6.45) is 2.23. The molecule has 2 aromatic rings. The van der Waals surface area contributed by atoms with Crippen LogP contribution in [-0.4, -0.2) is 46.9 Å². The summed E-state index contributed by atoms with van der Waals surface area (Å²) in [5, 5.41) is 0. The van der Waals surface area contributed by atoms with Gasteiger partial charge < -0.3 is 9.88 Å². The van der Waals surface area contributed by atoms with E-state index in [4.69, 9.17) is 0 Å². The second kappa shape index (κ2) is 7.24. The number of H-pyrrole nitrogens is 1. The molecule has 5 heteroatoms. The molecule has 1 fully saturated rings. The quantitative estimate of drug-likeness (QED) is 0.925. The van der Waals surface area contributed by atoms with Crippen LogP contribution < -0.4 is 5.56 Å². The summed E-state index contributed by atoms with van der Waals surface area (Å²) >= 11 is 0. The third kappa shape index (κ3) is 4.29. The van der Waals surface area contributed by atoms with Crippen molar-refractivity contribution in [2.75, 3.05) is 26.2 Å². The summed E-state index contributed by atoms with van der Waals surface area (Å²) in [5.41, 5.74) is 2.08. The minimum Gasteiger partial charge on any atom is -0.340 e. The standard InChI is InChI=1S/C18H21N3O2/c22-17-7-6-16(13-19-17)14-20-8-10-21(11-9-20)18(23)12-15-4-2-1-3-5-15/h1-7,13H,8-12,14H2,(H,19,22). The number of nitrogens with one attached hydrogen (secondary N) is 1. The second-order valence-electron chi connectivity index (χ2n) is 5.88. The van der Waals surface area contributed by atoms with Crippen LogP contribution in [0.4, 0.5) is 0 Å². The fourth-order valence-electron chi connectivity index (χ4n) is 2.84. The van der Waals surface area contributed by atoms with Crippen molar-refractivity contribution in [1.29, 1.82) is 0 Å². The van der Waals surface area contributed by atoms with Crippen LogP contribution in [0.3, 0.4) is 0 Å². The van der Waals surface area contributed by atoms with Crippen molar-refractivity contribution in [2.24, 2.45) is 0 Å². The third-order valence-electron chi connectivity index (χ3n) is 4.18. The molecule has 0 bridgehead atoms. The number of carbonyl (C=O) groups is 1. The van der Waals surface area contributed by atoms with Gasteiger partial charge in [-0.2, -0.15) is 0 Å². The van der Waals surface area contributed by atoms with Gasteiger partial charge in [-0.25, -0.2) is 0 Å². The van der Waals surface area contributed by atoms with Gasteiger partial charge in [-0.3, -0.25) is 14.5 Å². The van der Waals surface area contributed by atoms with Gasteiger partial charge in [0, 0.05) is 45.0 Å². The number of aromatic nitrogens is 1. The van der Waals surface area contributed by atoms with Crippen molar-refractivity contribution in [1.82, 2.24) is 14.8 Å². The summed E-state index contributed by atoms with van der Waals surface area (Å²) < 4.78 is 0. The van der Waals surface area contributed by atoms with Crippen molar-refractivity contribution in [3.05, 3.63) is 70.1 Å². The van der Waals surface area contributed by atoms with Gasteiger partial charge in [-0.1, -0.05) is 36.4 Å². The van der Waals surface area contributed by atoms with Crippen molar-refractivity contribution in [2.45, 2.75) is 13.0 Å². The van der Waals surface area contributed by atoms with Crippen LogP contribution in [0.25, 0.3) is 0 Å². The van der Waals surface area contributed by atoms with E-state index in [0.29, 0.717) is 6.42 Å². The molecule has 3 rings (SSSR count). The van der Waals surface area contributed by atoms with Gasteiger partial charge >= 0.3 is 0 Å². The van der Waals surface area contributed by atoms with Gasteiger partial charge in [0.1, 0.15) is 0 Å². The van der Waals surface area contributed by atoms with Crippen molar-refractivity contribution >= 4 is 5.91 Å². The first-order valence-electron chi connectivity index (χ1n) is 7.92. The Morgan fingerprint density at radius 1 is 0.957 bits per heavy atom. The fourth-order valence-corrected chi connectivity index (χ4v) is 2.84. The van der Waals surface area contributed by atoms with E-state index in [1.807, 2.05) is 41.3 Å². The molecule has 0 aliphatic carbocycles. The number of pyridine rings is 1. The molecule has 23 heavy (non-hydrogen) atoms. The van der Waals surface area contributed by atoms with Crippen LogP contribution in [0.2, 0.25) is 0 Å². The van der Waals surface area contributed by atoms with Gasteiger partial charge in [-0.05, 0) is 11.1 Å². The maximum absolute atomic E-state index is 12.3. The summed E-state index contributed by atoms with van der Waals surface area (Å²) in [4.78, 5) is 30.3. The Labute approximate surface area is 135 Å². The van der Waals surface area contributed by atoms with Crippen molar-refractivity contribution in [3.8, 4) is 0 Å². The molecular weight excluding hydrogens is 290 g/mol. The predicted molar refractivity (Wildman–Crippen MR) is 89.1 cm³/mol. The number of amides is 1. The molecular formula is C18H21N3O2. The second-order valence-corrected chi connectivity index (χ2v) is 5.88. The molecule has 5 nitrogen and oxygen atoms in total. The molecule has 0 unspecified atom stereocenters. The number of benzene rings is 1. The lowest BCUT2D eigenvalue weighted by atomic mass is 10.1. The zero-order valence-electron chi connectivity index (χ0n) is 13.1. The number of hydrogen-bond acceptors (Lipinski definition) is 3. The fraction of sp³-hybridized carbons (Fsp3) is 0.333. The van der Waals surface area contributed by atoms with E-state index in [0.717, 1.165) is 43.9 Å². The van der Waals surface area contributed by atoms with E-state index in [1.54, 1.807) is 12.3 Å². The van der Waals surface area contributed by atoms with E-state index in [1.165, 1.54) is 0 Å². The highest BCUT2D eigenvalue weighted by molar-refractivity contribution is 5.78. The lowest BCUT2D eigenvalue weighted by Crippen LogP contribution is -2.48. The number of rotatable bonds is 4. The Balaban J connectivity index is 1.49. The molecule has 1 aliphatic rings. The van der Waals surface area contributed by atoms with Crippen LogP contribution in [0, 0.1) is 0 Å². The van der Waals surface area contributed by atoms with Crippen LogP contribution >= 0.6 is 0 Å². The topological polar surface area (TPSA) is 56.4 Å². The Morgan fingerprint density at radius 2 is 1.70 bits per heavy atom. The van der Waals surface area contributed by atoms with Gasteiger partial charge in [0.25, 0.3) is 0 Å². The number of piperazine rings is 1. The maximum atomic E-state index is 12.3. The summed E-state index contributed by atoms with van der Waals surface area (Å²) in [7, 11) is 0. The van der Waals surface area contributed by atoms with Gasteiger partial charge in [0.2, 0.25) is 11.5 Å². The summed E-state index contributed by atoms with van der Waals surface area (Å²) in [5.74, 6) is 0.194. The van der Waals surface area contributed by atoms with Gasteiger partial charge in [-0.15, -0.1) is 0 Å². The minimum atomic E-state index is -0.0786. The molecule has 1 saturated heterocycles. The van der Waals surface area contributed by atoms with Gasteiger partial charge in [0.05, 0.1) is 6.42 Å². The van der Waals surface area contributed by atoms with E-state index in [-0.39, 0.29) is 11.5 Å². The third-order valence-corrected chi connectivity index (χ3v) is 4.18. The number of carbonyl (C=O) groups excluding carboxylic acids is 1. The molecule has 0 atom stereocenters. The van der Waals surface area contributed by atoms with E-state index >= 15 is 0 Å². The Hall–Kier alpha value is -2.40. The van der Waals surface area contributed by atoms with E-state index in [9.17, 15) is 9.59 Å². The zero-order chi connectivity index (χ0) is 16.1. The SMILES string of the molecule is O=C(Cc1ccccc1)N1CCN(Cc2ccc(=O)[nH]c2)CC1. The molecule has 0 saturated carbocycles. The molecule has 1 aromatic carbocycles. The lowest BCUT2D eigenvalue weighted by Gasteiger charge is -2.34. The highest BCUT2D eigenvalue weighted by Crippen LogP contribution is 2.09. The average molecular weight is 311 g/mol. The largest absolute Gasteiger partial charge is 0.340 e. The van der Waals surface area contributed by atoms with E-state index < -0.39 is 0 Å². The molecule has 0 radical (unpaired) electrons. The number of nitrogens with zero attached hydrogens (tertiary/aromatic N) is 2. The first-order chi connectivity index (χ1) is 11.2. The van der Waals surface area contributed by atoms with Crippen LogP contribution in [-0.2, 0) is 17.8 Å². The van der Waals surface area contributed by atoms with Crippen LogP contribution in [0.5, 0.6) is 0 Å². The number of hydrogen-bond donors (Lipinski definition) is 1. The smallest absolute Gasteiger partial charge is 0.247 e. The average Bonchev–Trinajstić information content (AvgIpc) is 2.58. The first kappa shape index (κ1) is 15.5. The lowest BCUT2D eigenvalue weighted by molar-refractivity contribution is -0.132. The number of aromatic amines is 1. The molecule has 1 aromatic heterocycles. The highest BCUT2D eigenvalue weighted by atomic mass is 16.2. The minimum absolute atomic E-state index is 0.0786.